The van der Waals surface area contributed by atoms with Crippen LogP contribution in [0.3, 0.4) is 0 Å². The molecule has 0 aliphatic carbocycles. The number of hydrazine groups is 1. The van der Waals surface area contributed by atoms with E-state index >= 15 is 0 Å². The number of carbonyl (C=O) groups is 2. The van der Waals surface area contributed by atoms with E-state index < -0.39 is 0 Å². The number of fused-ring (bicyclic) bond motifs is 1. The molecule has 6 nitrogen and oxygen atoms in total. The van der Waals surface area contributed by atoms with E-state index in [0.717, 1.165) is 28.4 Å². The van der Waals surface area contributed by atoms with Gasteiger partial charge in [0.1, 0.15) is 5.52 Å². The Hall–Kier alpha value is -3.58. The molecule has 0 bridgehead atoms. The van der Waals surface area contributed by atoms with Crippen molar-refractivity contribution < 1.29 is 14.0 Å². The highest BCUT2D eigenvalue weighted by Gasteiger charge is 2.11. The summed E-state index contributed by atoms with van der Waals surface area (Å²) in [4.78, 5) is 28.5. The molecule has 0 saturated carbocycles. The lowest BCUT2D eigenvalue weighted by Crippen LogP contribution is -2.42. The van der Waals surface area contributed by atoms with Crippen LogP contribution in [0.5, 0.6) is 0 Å². The molecule has 0 spiro atoms. The molecular formula is C22H17N3O3S. The lowest BCUT2D eigenvalue weighted by atomic mass is 10.0. The van der Waals surface area contributed by atoms with Gasteiger partial charge in [-0.25, -0.2) is 4.98 Å². The Morgan fingerprint density at radius 3 is 2.28 bits per heavy atom. The third kappa shape index (κ3) is 4.64. The largest absolute Gasteiger partial charge is 0.431 e. The third-order valence-corrected chi connectivity index (χ3v) is 5.00. The van der Waals surface area contributed by atoms with Crippen LogP contribution in [0.2, 0.25) is 0 Å². The maximum absolute atomic E-state index is 12.2. The Bertz CT molecular complexity index is 1110. The van der Waals surface area contributed by atoms with Gasteiger partial charge in [-0.15, -0.1) is 0 Å². The summed E-state index contributed by atoms with van der Waals surface area (Å²) in [5, 5.41) is 0.407. The van der Waals surface area contributed by atoms with E-state index in [0.29, 0.717) is 16.4 Å². The highest BCUT2D eigenvalue weighted by Crippen LogP contribution is 2.23. The lowest BCUT2D eigenvalue weighted by Gasteiger charge is -2.07. The summed E-state index contributed by atoms with van der Waals surface area (Å²) in [5.41, 5.74) is 8.77. The molecule has 7 heteroatoms. The fourth-order valence-electron chi connectivity index (χ4n) is 2.72. The predicted octanol–water partition coefficient (Wildman–Crippen LogP) is 4.05. The fourth-order valence-corrected chi connectivity index (χ4v) is 3.36. The van der Waals surface area contributed by atoms with Crippen molar-refractivity contribution >= 4 is 34.7 Å². The number of nitrogens with zero attached hydrogens (tertiary/aromatic N) is 1. The van der Waals surface area contributed by atoms with E-state index in [9.17, 15) is 9.59 Å². The normalized spacial score (nSPS) is 10.6. The Labute approximate surface area is 171 Å². The third-order valence-electron chi connectivity index (χ3n) is 4.17. The standard InChI is InChI=1S/C22H17N3O3S/c26-20(14-29-22-23-18-8-4-5-9-19(18)28-22)24-25-21(27)17-12-10-16(11-13-17)15-6-2-1-3-7-15/h1-13H,14H2,(H,24,26)(H,25,27). The van der Waals surface area contributed by atoms with Gasteiger partial charge in [0.25, 0.3) is 11.1 Å². The van der Waals surface area contributed by atoms with Crippen LogP contribution in [0.1, 0.15) is 10.4 Å². The topological polar surface area (TPSA) is 84.2 Å². The molecule has 0 saturated heterocycles. The van der Waals surface area contributed by atoms with Crippen LogP contribution in [-0.2, 0) is 4.79 Å². The average Bonchev–Trinajstić information content (AvgIpc) is 3.20. The predicted molar refractivity (Wildman–Crippen MR) is 112 cm³/mol. The van der Waals surface area contributed by atoms with Gasteiger partial charge in [0, 0.05) is 5.56 Å². The van der Waals surface area contributed by atoms with E-state index in [1.165, 1.54) is 0 Å². The minimum atomic E-state index is -0.384. The minimum absolute atomic E-state index is 0.0695. The second-order valence-corrected chi connectivity index (χ2v) is 7.11. The number of hydrogen-bond acceptors (Lipinski definition) is 5. The molecule has 3 aromatic carbocycles. The van der Waals surface area contributed by atoms with Crippen LogP contribution in [0.4, 0.5) is 0 Å². The van der Waals surface area contributed by atoms with Gasteiger partial charge in [-0.05, 0) is 35.4 Å². The number of carbonyl (C=O) groups excluding carboxylic acids is 2. The van der Waals surface area contributed by atoms with Crippen molar-refractivity contribution in [3.8, 4) is 11.1 Å². The average molecular weight is 403 g/mol. The van der Waals surface area contributed by atoms with E-state index in [1.807, 2.05) is 66.7 Å². The quantitative estimate of drug-likeness (QED) is 0.388. The summed E-state index contributed by atoms with van der Waals surface area (Å²) < 4.78 is 5.55. The monoisotopic (exact) mass is 403 g/mol. The SMILES string of the molecule is O=C(CSc1nc2ccccc2o1)NNC(=O)c1ccc(-c2ccccc2)cc1. The van der Waals surface area contributed by atoms with Gasteiger partial charge in [0.05, 0.1) is 5.75 Å². The van der Waals surface area contributed by atoms with Gasteiger partial charge in [-0.3, -0.25) is 20.4 Å². The van der Waals surface area contributed by atoms with Crippen molar-refractivity contribution in [2.24, 2.45) is 0 Å². The van der Waals surface area contributed by atoms with Crippen molar-refractivity contribution in [3.05, 3.63) is 84.4 Å². The Morgan fingerprint density at radius 2 is 1.52 bits per heavy atom. The number of rotatable bonds is 5. The molecule has 144 valence electrons. The van der Waals surface area contributed by atoms with Crippen molar-refractivity contribution in [1.29, 1.82) is 0 Å². The Morgan fingerprint density at radius 1 is 0.828 bits per heavy atom. The van der Waals surface area contributed by atoms with Gasteiger partial charge in [-0.1, -0.05) is 66.4 Å². The molecule has 0 fully saturated rings. The van der Waals surface area contributed by atoms with Gasteiger partial charge >= 0.3 is 0 Å². The van der Waals surface area contributed by atoms with E-state index in [4.69, 9.17) is 4.42 Å². The van der Waals surface area contributed by atoms with E-state index in [-0.39, 0.29) is 17.6 Å². The molecule has 4 rings (SSSR count). The highest BCUT2D eigenvalue weighted by atomic mass is 32.2. The van der Waals surface area contributed by atoms with Gasteiger partial charge in [-0.2, -0.15) is 0 Å². The molecule has 0 radical (unpaired) electrons. The van der Waals surface area contributed by atoms with Crippen LogP contribution in [0, 0.1) is 0 Å². The van der Waals surface area contributed by atoms with Crippen LogP contribution in [0.25, 0.3) is 22.2 Å². The van der Waals surface area contributed by atoms with Gasteiger partial charge in [0.15, 0.2) is 5.58 Å². The Kier molecular flexibility index (Phi) is 5.58. The zero-order valence-electron chi connectivity index (χ0n) is 15.3. The maximum Gasteiger partial charge on any atom is 0.269 e. The molecule has 0 atom stereocenters. The van der Waals surface area contributed by atoms with Crippen molar-refractivity contribution in [1.82, 2.24) is 15.8 Å². The van der Waals surface area contributed by atoms with Crippen molar-refractivity contribution in [2.75, 3.05) is 5.75 Å². The van der Waals surface area contributed by atoms with Crippen LogP contribution >= 0.6 is 11.8 Å². The molecule has 29 heavy (non-hydrogen) atoms. The van der Waals surface area contributed by atoms with E-state index in [2.05, 4.69) is 15.8 Å². The van der Waals surface area contributed by atoms with Crippen LogP contribution in [0.15, 0.2) is 88.5 Å². The molecule has 2 N–H and O–H groups in total. The van der Waals surface area contributed by atoms with Crippen LogP contribution < -0.4 is 10.9 Å². The van der Waals surface area contributed by atoms with Crippen molar-refractivity contribution in [2.45, 2.75) is 5.22 Å². The molecule has 0 aliphatic rings. The second-order valence-electron chi connectivity index (χ2n) is 6.18. The first-order valence-electron chi connectivity index (χ1n) is 8.92. The summed E-state index contributed by atoms with van der Waals surface area (Å²) >= 11 is 1.16. The first kappa shape index (κ1) is 18.8. The number of amides is 2. The van der Waals surface area contributed by atoms with Gasteiger partial charge in [0.2, 0.25) is 5.91 Å². The molecular weight excluding hydrogens is 386 g/mol. The summed E-state index contributed by atoms with van der Waals surface area (Å²) in [6.45, 7) is 0. The lowest BCUT2D eigenvalue weighted by molar-refractivity contribution is -0.119. The molecule has 1 aromatic heterocycles. The number of aromatic nitrogens is 1. The minimum Gasteiger partial charge on any atom is -0.431 e. The second kappa shape index (κ2) is 8.62. The number of thioether (sulfide) groups is 1. The summed E-state index contributed by atoms with van der Waals surface area (Å²) in [7, 11) is 0. The number of benzene rings is 3. The Balaban J connectivity index is 1.28. The molecule has 0 aliphatic heterocycles. The number of hydrogen-bond donors (Lipinski definition) is 2. The van der Waals surface area contributed by atoms with Gasteiger partial charge < -0.3 is 4.42 Å². The molecule has 2 amide bonds. The fraction of sp³-hybridized carbons (Fsp3) is 0.0455. The maximum atomic E-state index is 12.2. The summed E-state index contributed by atoms with van der Waals surface area (Å²) in [6, 6.07) is 24.4. The van der Waals surface area contributed by atoms with Crippen LogP contribution in [-0.4, -0.2) is 22.6 Å². The summed E-state index contributed by atoms with van der Waals surface area (Å²) in [5.74, 6) is -0.670. The molecule has 0 unspecified atom stereocenters. The highest BCUT2D eigenvalue weighted by molar-refractivity contribution is 7.99. The van der Waals surface area contributed by atoms with E-state index in [1.54, 1.807) is 12.1 Å². The number of oxazole rings is 1. The zero-order valence-corrected chi connectivity index (χ0v) is 16.1. The molecule has 1 heterocycles. The zero-order chi connectivity index (χ0) is 20.1. The first-order chi connectivity index (χ1) is 14.2. The van der Waals surface area contributed by atoms with Crippen molar-refractivity contribution in [3.63, 3.8) is 0 Å². The smallest absolute Gasteiger partial charge is 0.269 e. The molecule has 4 aromatic rings. The number of para-hydroxylation sites is 2. The first-order valence-corrected chi connectivity index (χ1v) is 9.91. The summed E-state index contributed by atoms with van der Waals surface area (Å²) in [6.07, 6.45) is 0. The number of nitrogens with one attached hydrogen (secondary N) is 2.